The van der Waals surface area contributed by atoms with Crippen molar-refractivity contribution in [1.29, 1.82) is 0 Å². The average Bonchev–Trinajstić information content (AvgIpc) is 2.84. The highest BCUT2D eigenvalue weighted by atomic mass is 32.2. The Morgan fingerprint density at radius 3 is 2.64 bits per heavy atom. The molecule has 0 aromatic carbocycles. The maximum atomic E-state index is 12.4. The molecule has 1 aliphatic rings. The molecule has 1 heterocycles. The third-order valence-electron chi connectivity index (χ3n) is 4.52. The molecule has 1 N–H and O–H groups in total. The largest absolute Gasteiger partial charge is 0.361 e. The number of rotatable bonds is 6. The molecule has 0 aliphatic heterocycles. The van der Waals surface area contributed by atoms with Gasteiger partial charge in [-0.3, -0.25) is 9.00 Å². The Labute approximate surface area is 134 Å². The number of amides is 1. The Balaban J connectivity index is 1.83. The fraction of sp³-hybridized carbons (Fsp3) is 0.750. The number of aromatic nitrogens is 1. The van der Waals surface area contributed by atoms with Crippen molar-refractivity contribution in [2.75, 3.05) is 6.54 Å². The van der Waals surface area contributed by atoms with Gasteiger partial charge in [0, 0.05) is 22.9 Å². The van der Waals surface area contributed by atoms with Gasteiger partial charge in [0.1, 0.15) is 11.0 Å². The highest BCUT2D eigenvalue weighted by Gasteiger charge is 2.23. The average molecular weight is 326 g/mol. The van der Waals surface area contributed by atoms with Crippen molar-refractivity contribution in [3.8, 4) is 0 Å². The molecule has 2 atom stereocenters. The molecule has 0 saturated heterocycles. The van der Waals surface area contributed by atoms with E-state index in [2.05, 4.69) is 10.5 Å². The van der Waals surface area contributed by atoms with Crippen LogP contribution in [0, 0.1) is 19.8 Å². The fourth-order valence-corrected chi connectivity index (χ4v) is 4.14. The van der Waals surface area contributed by atoms with Crippen molar-refractivity contribution in [1.82, 2.24) is 10.5 Å². The molecule has 124 valence electrons. The topological polar surface area (TPSA) is 72.2 Å². The summed E-state index contributed by atoms with van der Waals surface area (Å²) in [5.41, 5.74) is 1.60. The lowest BCUT2D eigenvalue weighted by Crippen LogP contribution is -2.38. The third kappa shape index (κ3) is 4.41. The number of aryl methyl sites for hydroxylation is 2. The van der Waals surface area contributed by atoms with Crippen molar-refractivity contribution in [2.45, 2.75) is 63.9 Å². The van der Waals surface area contributed by atoms with E-state index in [1.807, 2.05) is 6.92 Å². The van der Waals surface area contributed by atoms with Gasteiger partial charge in [-0.05, 0) is 39.5 Å². The second kappa shape index (κ2) is 7.90. The molecular weight excluding hydrogens is 300 g/mol. The normalized spacial score (nSPS) is 18.9. The molecule has 2 rings (SSSR count). The first-order valence-corrected chi connectivity index (χ1v) is 9.44. The van der Waals surface area contributed by atoms with Crippen LogP contribution >= 0.6 is 0 Å². The number of hydrogen-bond donors (Lipinski definition) is 1. The lowest BCUT2D eigenvalue weighted by atomic mass is 9.89. The molecule has 1 fully saturated rings. The molecule has 1 aliphatic carbocycles. The van der Waals surface area contributed by atoms with Crippen LogP contribution in [-0.4, -0.2) is 27.1 Å². The van der Waals surface area contributed by atoms with Crippen molar-refractivity contribution in [2.24, 2.45) is 5.92 Å². The molecule has 1 amide bonds. The van der Waals surface area contributed by atoms with E-state index >= 15 is 0 Å². The molecule has 0 spiro atoms. The van der Waals surface area contributed by atoms with Crippen LogP contribution in [0.2, 0.25) is 0 Å². The van der Waals surface area contributed by atoms with E-state index in [-0.39, 0.29) is 5.91 Å². The summed E-state index contributed by atoms with van der Waals surface area (Å²) in [5.74, 6) is 1.47. The summed E-state index contributed by atoms with van der Waals surface area (Å²) in [5, 5.41) is 6.32. The molecule has 0 unspecified atom stereocenters. The second-order valence-electron chi connectivity index (χ2n) is 6.22. The van der Waals surface area contributed by atoms with Gasteiger partial charge in [-0.2, -0.15) is 0 Å². The summed E-state index contributed by atoms with van der Waals surface area (Å²) in [6, 6.07) is 0. The summed E-state index contributed by atoms with van der Waals surface area (Å²) in [6.45, 7) is 6.08. The molecule has 22 heavy (non-hydrogen) atoms. The van der Waals surface area contributed by atoms with Gasteiger partial charge in [0.15, 0.2) is 0 Å². The zero-order valence-electron chi connectivity index (χ0n) is 13.7. The lowest BCUT2D eigenvalue weighted by Gasteiger charge is -2.22. The standard InChI is InChI=1S/C16H26N2O3S/c1-11-15(12(2)21-18-11)10-22(20)13(3)16(19)17-9-14-7-5-4-6-8-14/h13-14H,4-10H2,1-3H3,(H,17,19)/t13-,22+/m1/s1. The first-order valence-electron chi connectivity index (χ1n) is 8.05. The van der Waals surface area contributed by atoms with Crippen LogP contribution < -0.4 is 5.32 Å². The molecule has 5 nitrogen and oxygen atoms in total. The maximum absolute atomic E-state index is 12.4. The summed E-state index contributed by atoms with van der Waals surface area (Å²) < 4.78 is 17.5. The van der Waals surface area contributed by atoms with Gasteiger partial charge < -0.3 is 9.84 Å². The molecule has 6 heteroatoms. The zero-order valence-corrected chi connectivity index (χ0v) is 14.5. The molecule has 0 radical (unpaired) electrons. The van der Waals surface area contributed by atoms with Crippen LogP contribution in [0.5, 0.6) is 0 Å². The maximum Gasteiger partial charge on any atom is 0.235 e. The Morgan fingerprint density at radius 1 is 1.36 bits per heavy atom. The fourth-order valence-electron chi connectivity index (χ4n) is 2.87. The third-order valence-corrected chi connectivity index (χ3v) is 6.10. The molecule has 1 aromatic rings. The van der Waals surface area contributed by atoms with Gasteiger partial charge in [0.05, 0.1) is 11.4 Å². The summed E-state index contributed by atoms with van der Waals surface area (Å²) in [7, 11) is -1.26. The Hall–Kier alpha value is -1.17. The minimum absolute atomic E-state index is 0.115. The number of carbonyl (C=O) groups is 1. The van der Waals surface area contributed by atoms with Gasteiger partial charge in [-0.25, -0.2) is 0 Å². The lowest BCUT2D eigenvalue weighted by molar-refractivity contribution is -0.120. The van der Waals surface area contributed by atoms with Crippen molar-refractivity contribution >= 4 is 16.7 Å². The SMILES string of the molecule is Cc1noc(C)c1C[S@](=O)[C@H](C)C(=O)NCC1CCCCC1. The van der Waals surface area contributed by atoms with E-state index in [1.165, 1.54) is 32.1 Å². The quantitative estimate of drug-likeness (QED) is 0.872. The van der Waals surface area contributed by atoms with Gasteiger partial charge in [-0.1, -0.05) is 24.4 Å². The van der Waals surface area contributed by atoms with E-state index in [0.29, 0.717) is 24.0 Å². The number of hydrogen-bond acceptors (Lipinski definition) is 4. The predicted octanol–water partition coefficient (Wildman–Crippen LogP) is 2.63. The summed E-state index contributed by atoms with van der Waals surface area (Å²) in [6.07, 6.45) is 6.21. The predicted molar refractivity (Wildman–Crippen MR) is 86.9 cm³/mol. The Kier molecular flexibility index (Phi) is 6.17. The van der Waals surface area contributed by atoms with E-state index in [0.717, 1.165) is 11.3 Å². The van der Waals surface area contributed by atoms with Gasteiger partial charge in [0.2, 0.25) is 5.91 Å². The van der Waals surface area contributed by atoms with Crippen molar-refractivity contribution in [3.05, 3.63) is 17.0 Å². The highest BCUT2D eigenvalue weighted by Crippen LogP contribution is 2.23. The van der Waals surface area contributed by atoms with E-state index in [1.54, 1.807) is 13.8 Å². The monoisotopic (exact) mass is 326 g/mol. The van der Waals surface area contributed by atoms with Crippen LogP contribution in [-0.2, 0) is 21.3 Å². The van der Waals surface area contributed by atoms with Gasteiger partial charge in [0.25, 0.3) is 0 Å². The van der Waals surface area contributed by atoms with Gasteiger partial charge >= 0.3 is 0 Å². The Morgan fingerprint density at radius 2 is 2.05 bits per heavy atom. The smallest absolute Gasteiger partial charge is 0.235 e. The van der Waals surface area contributed by atoms with Crippen LogP contribution in [0.15, 0.2) is 4.52 Å². The van der Waals surface area contributed by atoms with Crippen LogP contribution in [0.25, 0.3) is 0 Å². The van der Waals surface area contributed by atoms with Crippen LogP contribution in [0.4, 0.5) is 0 Å². The van der Waals surface area contributed by atoms with E-state index in [4.69, 9.17) is 4.52 Å². The van der Waals surface area contributed by atoms with Gasteiger partial charge in [-0.15, -0.1) is 0 Å². The minimum atomic E-state index is -1.26. The molecule has 0 bridgehead atoms. The van der Waals surface area contributed by atoms with Crippen molar-refractivity contribution < 1.29 is 13.5 Å². The first-order chi connectivity index (χ1) is 10.5. The minimum Gasteiger partial charge on any atom is -0.361 e. The molecule has 1 aromatic heterocycles. The number of carbonyl (C=O) groups excluding carboxylic acids is 1. The first kappa shape index (κ1) is 17.2. The summed E-state index contributed by atoms with van der Waals surface area (Å²) >= 11 is 0. The number of nitrogens with zero attached hydrogens (tertiary/aromatic N) is 1. The number of nitrogens with one attached hydrogen (secondary N) is 1. The molecular formula is C16H26N2O3S. The van der Waals surface area contributed by atoms with Crippen molar-refractivity contribution in [3.63, 3.8) is 0 Å². The van der Waals surface area contributed by atoms with Crippen LogP contribution in [0.3, 0.4) is 0 Å². The zero-order chi connectivity index (χ0) is 16.1. The van der Waals surface area contributed by atoms with E-state index < -0.39 is 16.0 Å². The second-order valence-corrected chi connectivity index (χ2v) is 7.98. The summed E-state index contributed by atoms with van der Waals surface area (Å²) in [4.78, 5) is 12.2. The van der Waals surface area contributed by atoms with E-state index in [9.17, 15) is 9.00 Å². The van der Waals surface area contributed by atoms with Crippen LogP contribution in [0.1, 0.15) is 56.0 Å². The Bertz CT molecular complexity index is 516. The molecule has 1 saturated carbocycles. The highest BCUT2D eigenvalue weighted by molar-refractivity contribution is 7.85.